The number of halogens is 2. The van der Waals surface area contributed by atoms with Gasteiger partial charge in [-0.25, -0.2) is 0 Å². The van der Waals surface area contributed by atoms with Crippen LogP contribution in [0.3, 0.4) is 0 Å². The number of rotatable bonds is 4. The van der Waals surface area contributed by atoms with E-state index in [-0.39, 0.29) is 35.7 Å². The van der Waals surface area contributed by atoms with Crippen LogP contribution in [-0.4, -0.2) is 5.43 Å². The molecule has 0 nitrogen and oxygen atoms in total. The zero-order valence-corrected chi connectivity index (χ0v) is 35.7. The van der Waals surface area contributed by atoms with Crippen molar-refractivity contribution in [2.24, 2.45) is 0 Å². The van der Waals surface area contributed by atoms with E-state index in [2.05, 4.69) is 179 Å². The van der Waals surface area contributed by atoms with Crippen LogP contribution in [0.2, 0.25) is 13.1 Å². The first kappa shape index (κ1) is 41.9. The van der Waals surface area contributed by atoms with Crippen molar-refractivity contribution in [1.29, 1.82) is 0 Å². The smallest absolute Gasteiger partial charge is 0.0219 e. The van der Waals surface area contributed by atoms with E-state index in [1.807, 2.05) is 0 Å². The standard InChI is InChI=1S/C22H25.C20H21.C2H6Si.2ClH.Zr/c1-15(2)18-13-17-7-6-8-20(21(17)14-18)16-9-11-19(12-10-16)22(3,4)5;1-13(2)16-6-8-17(9-7-16)18-10-5-15(4)19-11-14(3)12-20(18)19;1-3-2;;;/h6-15H,1-5H3;5-13H,1-4H3;1-2H3;2*1H;/q2*-1;;;;+2/p-2. The molecule has 252 valence electrons. The molecule has 0 unspecified atom stereocenters. The van der Waals surface area contributed by atoms with Gasteiger partial charge in [-0.1, -0.05) is 134 Å². The number of hydrogen-bond donors (Lipinski definition) is 0. The van der Waals surface area contributed by atoms with Crippen molar-refractivity contribution in [3.05, 3.63) is 131 Å². The Bertz CT molecular complexity index is 1910. The number of aryl methyl sites for hydroxylation is 2. The van der Waals surface area contributed by atoms with Gasteiger partial charge in [0, 0.05) is 0 Å². The van der Waals surface area contributed by atoms with Crippen molar-refractivity contribution in [3.63, 3.8) is 0 Å². The van der Waals surface area contributed by atoms with E-state index in [0.717, 1.165) is 0 Å². The van der Waals surface area contributed by atoms with E-state index < -0.39 is 0 Å². The zero-order chi connectivity index (χ0) is 33.8. The summed E-state index contributed by atoms with van der Waals surface area (Å²) in [6.45, 7) is 24.7. The van der Waals surface area contributed by atoms with Gasteiger partial charge in [-0.15, -0.1) is 68.6 Å². The molecule has 6 aromatic rings. The third-order valence-corrected chi connectivity index (χ3v) is 8.64. The number of fused-ring (bicyclic) bond motifs is 2. The molecule has 0 heterocycles. The fraction of sp³-hybridized carbons (Fsp3) is 0.318. The van der Waals surface area contributed by atoms with E-state index in [0.29, 0.717) is 11.8 Å². The predicted molar refractivity (Wildman–Crippen MR) is 204 cm³/mol. The Morgan fingerprint density at radius 1 is 0.646 bits per heavy atom. The molecule has 0 fully saturated rings. The summed E-state index contributed by atoms with van der Waals surface area (Å²) in [6.07, 6.45) is 0. The number of hydrogen-bond acceptors (Lipinski definition) is 0. The van der Waals surface area contributed by atoms with E-state index in [1.165, 1.54) is 71.6 Å². The van der Waals surface area contributed by atoms with Crippen LogP contribution in [0.5, 0.6) is 0 Å². The molecule has 0 aliphatic heterocycles. The van der Waals surface area contributed by atoms with Crippen LogP contribution in [0.4, 0.5) is 0 Å². The van der Waals surface area contributed by atoms with E-state index in [4.69, 9.17) is 0 Å². The average Bonchev–Trinajstić information content (AvgIpc) is 3.62. The van der Waals surface area contributed by atoms with Gasteiger partial charge >= 0.3 is 41.9 Å². The van der Waals surface area contributed by atoms with Gasteiger partial charge in [-0.05, 0) is 39.5 Å². The third kappa shape index (κ3) is 10.6. The van der Waals surface area contributed by atoms with Gasteiger partial charge in [-0.3, -0.25) is 0 Å². The van der Waals surface area contributed by atoms with Gasteiger partial charge in [0.05, 0.1) is 0 Å². The molecular weight excluding hydrogens is 719 g/mol. The minimum Gasteiger partial charge on any atom is -1.00 e. The molecule has 0 aliphatic carbocycles. The normalized spacial score (nSPS) is 11.0. The first-order chi connectivity index (χ1) is 21.6. The molecule has 0 amide bonds. The second-order valence-electron chi connectivity index (χ2n) is 14.6. The van der Waals surface area contributed by atoms with Gasteiger partial charge in [0.15, 0.2) is 0 Å². The van der Waals surface area contributed by atoms with E-state index in [1.54, 1.807) is 23.3 Å². The molecule has 0 N–H and O–H groups in total. The molecule has 6 rings (SSSR count). The molecular formula is C44H52Cl2SiZr-2. The van der Waals surface area contributed by atoms with E-state index in [9.17, 15) is 0 Å². The molecule has 0 aromatic heterocycles. The van der Waals surface area contributed by atoms with Crippen LogP contribution in [-0.2, 0) is 28.8 Å². The monoisotopic (exact) mass is 768 g/mol. The summed E-state index contributed by atoms with van der Waals surface area (Å²) in [5.41, 5.74) is 12.6. The Morgan fingerprint density at radius 3 is 1.71 bits per heavy atom. The molecule has 4 heteroatoms. The number of benzene rings is 4. The SMILES string of the molecule is CC(C)c1cc2c(-c3ccc(C(C)(C)C)cc3)cccc2[cH-]1.C[Si](C)=[Zr+2].Cc1cc2c(-c3ccc(C(C)C)cc3)ccc(C)c2[cH-]1.[Cl-].[Cl-]. The van der Waals surface area contributed by atoms with Crippen LogP contribution in [0.25, 0.3) is 43.8 Å². The molecule has 0 spiro atoms. The largest absolute Gasteiger partial charge is 1.00 e. The minimum atomic E-state index is 0. The molecule has 0 saturated carbocycles. The van der Waals surface area contributed by atoms with Crippen molar-refractivity contribution >= 4 is 27.0 Å². The van der Waals surface area contributed by atoms with Gasteiger partial charge in [0.1, 0.15) is 0 Å². The van der Waals surface area contributed by atoms with Crippen LogP contribution in [0, 0.1) is 13.8 Å². The summed E-state index contributed by atoms with van der Waals surface area (Å²) in [5.74, 6) is 1.16. The summed E-state index contributed by atoms with van der Waals surface area (Å²) in [7, 11) is 0. The van der Waals surface area contributed by atoms with Gasteiger partial charge in [0.25, 0.3) is 0 Å². The summed E-state index contributed by atoms with van der Waals surface area (Å²) in [5, 5.41) is 5.48. The quantitative estimate of drug-likeness (QED) is 0.130. The van der Waals surface area contributed by atoms with Crippen molar-refractivity contribution in [1.82, 2.24) is 0 Å². The Kier molecular flexibility index (Phi) is 15.9. The van der Waals surface area contributed by atoms with Crippen LogP contribution in [0.15, 0.2) is 103 Å². The molecule has 0 aliphatic rings. The first-order valence-corrected chi connectivity index (χ1v) is 22.9. The molecule has 48 heavy (non-hydrogen) atoms. The Hall–Kier alpha value is -2.22. The van der Waals surface area contributed by atoms with Crippen molar-refractivity contribution in [2.75, 3.05) is 0 Å². The van der Waals surface area contributed by atoms with Crippen LogP contribution >= 0.6 is 0 Å². The zero-order valence-electron chi connectivity index (χ0n) is 30.7. The van der Waals surface area contributed by atoms with Crippen molar-refractivity contribution in [2.45, 2.75) is 92.7 Å². The summed E-state index contributed by atoms with van der Waals surface area (Å²) < 4.78 is 0. The third-order valence-electron chi connectivity index (χ3n) is 8.64. The summed E-state index contributed by atoms with van der Waals surface area (Å²) in [4.78, 5) is 0. The average molecular weight is 771 g/mol. The predicted octanol–water partition coefficient (Wildman–Crippen LogP) is 7.40. The van der Waals surface area contributed by atoms with Gasteiger partial charge in [-0.2, -0.15) is 12.1 Å². The second-order valence-corrected chi connectivity index (χ2v) is 24.0. The van der Waals surface area contributed by atoms with Gasteiger partial charge < -0.3 is 24.8 Å². The van der Waals surface area contributed by atoms with E-state index >= 15 is 0 Å². The maximum atomic E-state index is 2.35. The topological polar surface area (TPSA) is 0 Å². The maximum Gasteiger partial charge on any atom is -0.0219 e. The molecule has 0 radical (unpaired) electrons. The fourth-order valence-corrected chi connectivity index (χ4v) is 5.88. The minimum absolute atomic E-state index is 0. The molecule has 6 aromatic carbocycles. The molecule has 0 bridgehead atoms. The Balaban J connectivity index is 0.000000290. The van der Waals surface area contributed by atoms with Crippen LogP contribution in [0.1, 0.15) is 88.1 Å². The van der Waals surface area contributed by atoms with Crippen molar-refractivity contribution in [3.8, 4) is 22.3 Å². The second kappa shape index (κ2) is 18.1. The molecule has 0 atom stereocenters. The fourth-order valence-electron chi connectivity index (χ4n) is 5.88. The Morgan fingerprint density at radius 2 is 1.19 bits per heavy atom. The first-order valence-electron chi connectivity index (χ1n) is 16.7. The maximum absolute atomic E-state index is 2.35. The van der Waals surface area contributed by atoms with Crippen molar-refractivity contribution < 1.29 is 48.1 Å². The van der Waals surface area contributed by atoms with Gasteiger partial charge in [0.2, 0.25) is 0 Å². The Labute approximate surface area is 318 Å². The summed E-state index contributed by atoms with van der Waals surface area (Å²) >= 11 is 1.74. The van der Waals surface area contributed by atoms with Crippen LogP contribution < -0.4 is 24.8 Å². The summed E-state index contributed by atoms with van der Waals surface area (Å²) in [6, 6.07) is 38.4. The molecule has 0 saturated heterocycles.